The normalized spacial score (nSPS) is 10.2. The molecule has 0 fully saturated rings. The van der Waals surface area contributed by atoms with Crippen molar-refractivity contribution in [3.8, 4) is 5.75 Å². The molecule has 0 amide bonds. The molecule has 0 aliphatic rings. The van der Waals surface area contributed by atoms with E-state index in [1.54, 1.807) is 7.11 Å². The van der Waals surface area contributed by atoms with Crippen LogP contribution in [0.5, 0.6) is 5.75 Å². The fourth-order valence-corrected chi connectivity index (χ4v) is 1.90. The maximum atomic E-state index is 10.4. The van der Waals surface area contributed by atoms with Crippen LogP contribution in [0.4, 0.5) is 0 Å². The van der Waals surface area contributed by atoms with Gasteiger partial charge in [0, 0.05) is 17.0 Å². The summed E-state index contributed by atoms with van der Waals surface area (Å²) >= 11 is 6.07. The van der Waals surface area contributed by atoms with Crippen LogP contribution >= 0.6 is 11.6 Å². The van der Waals surface area contributed by atoms with Crippen molar-refractivity contribution in [2.75, 3.05) is 7.11 Å². The van der Waals surface area contributed by atoms with Crippen LogP contribution in [0.3, 0.4) is 0 Å². The predicted octanol–water partition coefficient (Wildman–Crippen LogP) is 3.06. The smallest absolute Gasteiger partial charge is 0.303 e. The Morgan fingerprint density at radius 2 is 2.19 bits per heavy atom. The topological polar surface area (TPSA) is 46.5 Å². The van der Waals surface area contributed by atoms with Gasteiger partial charge >= 0.3 is 5.97 Å². The lowest BCUT2D eigenvalue weighted by atomic mass is 10.0. The lowest BCUT2D eigenvalue weighted by molar-refractivity contribution is -0.137. The van der Waals surface area contributed by atoms with Gasteiger partial charge in [0.2, 0.25) is 0 Å². The highest BCUT2D eigenvalue weighted by Crippen LogP contribution is 2.31. The monoisotopic (exact) mass is 242 g/mol. The van der Waals surface area contributed by atoms with E-state index in [0.717, 1.165) is 16.9 Å². The fraction of sp³-hybridized carbons (Fsp3) is 0.417. The highest BCUT2D eigenvalue weighted by molar-refractivity contribution is 6.31. The largest absolute Gasteiger partial charge is 0.496 e. The lowest BCUT2D eigenvalue weighted by Crippen LogP contribution is -1.99. The molecule has 0 atom stereocenters. The Labute approximate surface area is 100.0 Å². The molecular weight excluding hydrogens is 228 g/mol. The minimum Gasteiger partial charge on any atom is -0.496 e. The van der Waals surface area contributed by atoms with Gasteiger partial charge in [-0.05, 0) is 31.4 Å². The molecule has 1 N–H and O–H groups in total. The van der Waals surface area contributed by atoms with E-state index < -0.39 is 5.97 Å². The predicted molar refractivity (Wildman–Crippen MR) is 63.3 cm³/mol. The molecule has 4 heteroatoms. The number of aryl methyl sites for hydroxylation is 1. The van der Waals surface area contributed by atoms with Crippen molar-refractivity contribution in [1.82, 2.24) is 0 Å². The van der Waals surface area contributed by atoms with Crippen molar-refractivity contribution in [1.29, 1.82) is 0 Å². The summed E-state index contributed by atoms with van der Waals surface area (Å²) in [6.45, 7) is 1.94. The van der Waals surface area contributed by atoms with Crippen molar-refractivity contribution >= 4 is 17.6 Å². The van der Waals surface area contributed by atoms with E-state index in [1.165, 1.54) is 0 Å². The van der Waals surface area contributed by atoms with Gasteiger partial charge < -0.3 is 9.84 Å². The number of hydrogen-bond acceptors (Lipinski definition) is 2. The maximum absolute atomic E-state index is 10.4. The first-order valence-corrected chi connectivity index (χ1v) is 5.47. The number of methoxy groups -OCH3 is 1. The van der Waals surface area contributed by atoms with Gasteiger partial charge in [0.05, 0.1) is 7.11 Å². The second kappa shape index (κ2) is 5.75. The SMILES string of the molecule is COc1c(C)ccc(Cl)c1CCCC(=O)O. The van der Waals surface area contributed by atoms with Crippen LogP contribution < -0.4 is 4.74 Å². The molecule has 0 spiro atoms. The average Bonchev–Trinajstić information content (AvgIpc) is 2.23. The van der Waals surface area contributed by atoms with Crippen molar-refractivity contribution in [3.05, 3.63) is 28.3 Å². The standard InChI is InChI=1S/C12H15ClO3/c1-8-6-7-10(13)9(12(8)16-2)4-3-5-11(14)15/h6-7H,3-5H2,1-2H3,(H,14,15). The zero-order chi connectivity index (χ0) is 12.1. The Balaban J connectivity index is 2.84. The second-order valence-electron chi connectivity index (χ2n) is 3.62. The summed E-state index contributed by atoms with van der Waals surface area (Å²) in [6, 6.07) is 3.71. The van der Waals surface area contributed by atoms with Crippen molar-refractivity contribution < 1.29 is 14.6 Å². The van der Waals surface area contributed by atoms with Crippen LogP contribution in [0.15, 0.2) is 12.1 Å². The summed E-state index contributed by atoms with van der Waals surface area (Å²) in [6.07, 6.45) is 1.33. The Kier molecular flexibility index (Phi) is 4.62. The first-order chi connectivity index (χ1) is 7.56. The molecule has 1 aromatic rings. The molecule has 1 rings (SSSR count). The van der Waals surface area contributed by atoms with Crippen LogP contribution in [0.25, 0.3) is 0 Å². The van der Waals surface area contributed by atoms with Gasteiger partial charge in [0.15, 0.2) is 0 Å². The van der Waals surface area contributed by atoms with Crippen molar-refractivity contribution in [2.24, 2.45) is 0 Å². The van der Waals surface area contributed by atoms with Gasteiger partial charge in [0.1, 0.15) is 5.75 Å². The maximum Gasteiger partial charge on any atom is 0.303 e. The molecule has 0 aromatic heterocycles. The third kappa shape index (κ3) is 3.14. The van der Waals surface area contributed by atoms with Crippen LogP contribution in [0.1, 0.15) is 24.0 Å². The van der Waals surface area contributed by atoms with Gasteiger partial charge in [-0.15, -0.1) is 0 Å². The van der Waals surface area contributed by atoms with Crippen LogP contribution in [-0.2, 0) is 11.2 Å². The van der Waals surface area contributed by atoms with Gasteiger partial charge in [-0.2, -0.15) is 0 Å². The van der Waals surface area contributed by atoms with Gasteiger partial charge in [0.25, 0.3) is 0 Å². The molecule has 1 aromatic carbocycles. The molecule has 0 saturated heterocycles. The fourth-order valence-electron chi connectivity index (χ4n) is 1.65. The highest BCUT2D eigenvalue weighted by Gasteiger charge is 2.11. The molecule has 0 aliphatic carbocycles. The average molecular weight is 243 g/mol. The summed E-state index contributed by atoms with van der Waals surface area (Å²) < 4.78 is 5.28. The summed E-state index contributed by atoms with van der Waals surface area (Å²) in [5.41, 5.74) is 1.91. The number of benzene rings is 1. The molecule has 16 heavy (non-hydrogen) atoms. The molecule has 0 saturated carbocycles. The number of rotatable bonds is 5. The van der Waals surface area contributed by atoms with Gasteiger partial charge in [-0.25, -0.2) is 0 Å². The zero-order valence-corrected chi connectivity index (χ0v) is 10.2. The highest BCUT2D eigenvalue weighted by atomic mass is 35.5. The Morgan fingerprint density at radius 1 is 1.50 bits per heavy atom. The quantitative estimate of drug-likeness (QED) is 0.863. The van der Waals surface area contributed by atoms with Crippen LogP contribution in [-0.4, -0.2) is 18.2 Å². The molecular formula is C12H15ClO3. The molecule has 0 heterocycles. The van der Waals surface area contributed by atoms with Crippen molar-refractivity contribution in [2.45, 2.75) is 26.2 Å². The number of ether oxygens (including phenoxy) is 1. The number of aliphatic carboxylic acids is 1. The summed E-state index contributed by atoms with van der Waals surface area (Å²) in [5.74, 6) is -0.0272. The Bertz CT molecular complexity index is 388. The zero-order valence-electron chi connectivity index (χ0n) is 9.42. The van der Waals surface area contributed by atoms with E-state index >= 15 is 0 Å². The van der Waals surface area contributed by atoms with Gasteiger partial charge in [-0.1, -0.05) is 17.7 Å². The molecule has 88 valence electrons. The number of carboxylic acid groups (broad SMARTS) is 1. The minimum absolute atomic E-state index is 0.146. The third-order valence-corrected chi connectivity index (χ3v) is 2.78. The summed E-state index contributed by atoms with van der Waals surface area (Å²) in [5, 5.41) is 9.21. The van der Waals surface area contributed by atoms with Gasteiger partial charge in [-0.3, -0.25) is 4.79 Å². The molecule has 3 nitrogen and oxygen atoms in total. The molecule has 0 aliphatic heterocycles. The lowest BCUT2D eigenvalue weighted by Gasteiger charge is -2.12. The first kappa shape index (κ1) is 12.8. The number of hydrogen-bond donors (Lipinski definition) is 1. The van der Waals surface area contributed by atoms with E-state index in [0.29, 0.717) is 17.9 Å². The summed E-state index contributed by atoms with van der Waals surface area (Å²) in [4.78, 5) is 10.4. The second-order valence-corrected chi connectivity index (χ2v) is 4.03. The Hall–Kier alpha value is -1.22. The number of carboxylic acids is 1. The number of halogens is 1. The van der Waals surface area contributed by atoms with E-state index in [1.807, 2.05) is 19.1 Å². The van der Waals surface area contributed by atoms with E-state index in [2.05, 4.69) is 0 Å². The van der Waals surface area contributed by atoms with E-state index in [9.17, 15) is 4.79 Å². The molecule has 0 bridgehead atoms. The summed E-state index contributed by atoms with van der Waals surface area (Å²) in [7, 11) is 1.60. The molecule has 0 radical (unpaired) electrons. The van der Waals surface area contributed by atoms with Crippen LogP contribution in [0.2, 0.25) is 5.02 Å². The first-order valence-electron chi connectivity index (χ1n) is 5.10. The third-order valence-electron chi connectivity index (χ3n) is 2.42. The van der Waals surface area contributed by atoms with E-state index in [-0.39, 0.29) is 6.42 Å². The molecule has 0 unspecified atom stereocenters. The van der Waals surface area contributed by atoms with E-state index in [4.69, 9.17) is 21.4 Å². The number of carbonyl (C=O) groups is 1. The minimum atomic E-state index is -0.789. The van der Waals surface area contributed by atoms with Crippen LogP contribution in [0, 0.1) is 6.92 Å². The van der Waals surface area contributed by atoms with Crippen molar-refractivity contribution in [3.63, 3.8) is 0 Å². The Morgan fingerprint density at radius 3 is 2.75 bits per heavy atom.